The van der Waals surface area contributed by atoms with Gasteiger partial charge in [-0.3, -0.25) is 9.89 Å². The van der Waals surface area contributed by atoms with Gasteiger partial charge in [0.2, 0.25) is 5.91 Å². The maximum absolute atomic E-state index is 13.0. The second-order valence-electron chi connectivity index (χ2n) is 7.49. The second kappa shape index (κ2) is 6.61. The number of amides is 1. The van der Waals surface area contributed by atoms with Crippen LogP contribution in [0.1, 0.15) is 42.2 Å². The van der Waals surface area contributed by atoms with Crippen LogP contribution in [0, 0.1) is 25.7 Å². The van der Waals surface area contributed by atoms with E-state index in [1.165, 1.54) is 11.3 Å². The maximum Gasteiger partial charge on any atom is 0.226 e. The van der Waals surface area contributed by atoms with Crippen LogP contribution in [-0.2, 0) is 24.2 Å². The summed E-state index contributed by atoms with van der Waals surface area (Å²) in [6.45, 7) is 6.50. The van der Waals surface area contributed by atoms with Crippen molar-refractivity contribution >= 4 is 5.91 Å². The molecular formula is C18H26N6O. The number of hydrogen-bond acceptors (Lipinski definition) is 4. The molecule has 1 amide bonds. The molecule has 0 saturated carbocycles. The van der Waals surface area contributed by atoms with E-state index in [9.17, 15) is 4.79 Å². The smallest absolute Gasteiger partial charge is 0.226 e. The van der Waals surface area contributed by atoms with Crippen molar-refractivity contribution in [2.75, 3.05) is 13.1 Å². The van der Waals surface area contributed by atoms with E-state index in [1.54, 1.807) is 0 Å². The van der Waals surface area contributed by atoms with Gasteiger partial charge in [-0.05, 0) is 57.4 Å². The molecule has 0 spiro atoms. The maximum atomic E-state index is 13.0. The Labute approximate surface area is 147 Å². The summed E-state index contributed by atoms with van der Waals surface area (Å²) in [5, 5.41) is 11.6. The van der Waals surface area contributed by atoms with Crippen LogP contribution >= 0.6 is 0 Å². The number of H-pyrrole nitrogens is 1. The predicted molar refractivity (Wildman–Crippen MR) is 92.9 cm³/mol. The molecule has 2 aliphatic rings. The molecule has 1 saturated heterocycles. The number of aromatic nitrogens is 5. The Balaban J connectivity index is 1.39. The number of nitrogens with one attached hydrogen (secondary N) is 1. The number of aromatic amines is 1. The largest absolute Gasteiger partial charge is 0.342 e. The molecule has 25 heavy (non-hydrogen) atoms. The second-order valence-corrected chi connectivity index (χ2v) is 7.49. The van der Waals surface area contributed by atoms with E-state index in [0.717, 1.165) is 63.4 Å². The standard InChI is InChI=1S/C18H26N6O/c1-12-20-13(2)24(22-12)11-14-4-3-7-23(10-14)18(25)15-5-6-17-16(8-15)9-19-21-17/h9,14-15H,3-8,10-11H2,1-2H3,(H,19,21). The minimum Gasteiger partial charge on any atom is -0.342 e. The van der Waals surface area contributed by atoms with E-state index in [4.69, 9.17) is 0 Å². The highest BCUT2D eigenvalue weighted by molar-refractivity contribution is 5.79. The number of carbonyl (C=O) groups excluding carboxylic acids is 1. The fourth-order valence-electron chi connectivity index (χ4n) is 4.28. The van der Waals surface area contributed by atoms with E-state index >= 15 is 0 Å². The Kier molecular flexibility index (Phi) is 4.31. The first-order valence-corrected chi connectivity index (χ1v) is 9.28. The summed E-state index contributed by atoms with van der Waals surface area (Å²) >= 11 is 0. The van der Waals surface area contributed by atoms with Crippen LogP contribution < -0.4 is 0 Å². The fraction of sp³-hybridized carbons (Fsp3) is 0.667. The summed E-state index contributed by atoms with van der Waals surface area (Å²) in [6.07, 6.45) is 6.79. The predicted octanol–water partition coefficient (Wildman–Crippen LogP) is 1.66. The van der Waals surface area contributed by atoms with Gasteiger partial charge in [-0.1, -0.05) is 0 Å². The SMILES string of the molecule is Cc1nc(C)n(CC2CCCN(C(=O)C3CCc4[nH]ncc4C3)C2)n1. The van der Waals surface area contributed by atoms with Gasteiger partial charge < -0.3 is 4.90 Å². The minimum absolute atomic E-state index is 0.110. The summed E-state index contributed by atoms with van der Waals surface area (Å²) in [4.78, 5) is 19.5. The number of fused-ring (bicyclic) bond motifs is 1. The molecule has 2 atom stereocenters. The quantitative estimate of drug-likeness (QED) is 0.920. The first kappa shape index (κ1) is 16.3. The summed E-state index contributed by atoms with van der Waals surface area (Å²) in [5.74, 6) is 2.67. The van der Waals surface area contributed by atoms with E-state index in [1.807, 2.05) is 24.7 Å². The lowest BCUT2D eigenvalue weighted by Gasteiger charge is -2.35. The van der Waals surface area contributed by atoms with Gasteiger partial charge in [-0.15, -0.1) is 0 Å². The van der Waals surface area contributed by atoms with Gasteiger partial charge in [0, 0.05) is 31.2 Å². The molecule has 4 rings (SSSR count). The van der Waals surface area contributed by atoms with Gasteiger partial charge in [-0.25, -0.2) is 9.67 Å². The van der Waals surface area contributed by atoms with Crippen molar-refractivity contribution in [3.63, 3.8) is 0 Å². The zero-order valence-electron chi connectivity index (χ0n) is 15.0. The highest BCUT2D eigenvalue weighted by Gasteiger charge is 2.32. The first-order valence-electron chi connectivity index (χ1n) is 9.28. The van der Waals surface area contributed by atoms with Gasteiger partial charge in [0.25, 0.3) is 0 Å². The van der Waals surface area contributed by atoms with Gasteiger partial charge in [0.05, 0.1) is 6.20 Å². The van der Waals surface area contributed by atoms with Crippen molar-refractivity contribution in [3.05, 3.63) is 29.1 Å². The molecule has 0 aromatic carbocycles. The summed E-state index contributed by atoms with van der Waals surface area (Å²) in [5.41, 5.74) is 2.42. The Morgan fingerprint density at radius 2 is 2.24 bits per heavy atom. The lowest BCUT2D eigenvalue weighted by Crippen LogP contribution is -2.45. The van der Waals surface area contributed by atoms with E-state index < -0.39 is 0 Å². The average molecular weight is 342 g/mol. The summed E-state index contributed by atoms with van der Waals surface area (Å²) in [7, 11) is 0. The van der Waals surface area contributed by atoms with Crippen molar-refractivity contribution in [1.82, 2.24) is 29.9 Å². The highest BCUT2D eigenvalue weighted by Crippen LogP contribution is 2.27. The van der Waals surface area contributed by atoms with Crippen molar-refractivity contribution in [2.24, 2.45) is 11.8 Å². The number of likely N-dealkylation sites (tertiary alicyclic amines) is 1. The summed E-state index contributed by atoms with van der Waals surface area (Å²) in [6, 6.07) is 0. The number of hydrogen-bond donors (Lipinski definition) is 1. The van der Waals surface area contributed by atoms with Crippen molar-refractivity contribution in [2.45, 2.75) is 52.5 Å². The molecular weight excluding hydrogens is 316 g/mol. The molecule has 1 fully saturated rings. The molecule has 1 aliphatic carbocycles. The van der Waals surface area contributed by atoms with Gasteiger partial charge in [-0.2, -0.15) is 10.2 Å². The number of rotatable bonds is 3. The van der Waals surface area contributed by atoms with Crippen molar-refractivity contribution < 1.29 is 4.79 Å². The van der Waals surface area contributed by atoms with E-state index in [-0.39, 0.29) is 5.92 Å². The normalized spacial score (nSPS) is 23.5. The molecule has 1 aliphatic heterocycles. The fourth-order valence-corrected chi connectivity index (χ4v) is 4.28. The van der Waals surface area contributed by atoms with Gasteiger partial charge in [0.1, 0.15) is 11.6 Å². The number of aryl methyl sites for hydroxylation is 3. The molecule has 2 aromatic rings. The van der Waals surface area contributed by atoms with Crippen LogP contribution in [0.4, 0.5) is 0 Å². The Morgan fingerprint density at radius 3 is 3.04 bits per heavy atom. The number of piperidine rings is 1. The third kappa shape index (κ3) is 3.32. The molecule has 7 nitrogen and oxygen atoms in total. The Morgan fingerprint density at radius 1 is 1.36 bits per heavy atom. The first-order chi connectivity index (χ1) is 12.1. The zero-order valence-corrected chi connectivity index (χ0v) is 15.0. The van der Waals surface area contributed by atoms with E-state index in [2.05, 4.69) is 25.2 Å². The molecule has 0 bridgehead atoms. The lowest BCUT2D eigenvalue weighted by atomic mass is 9.86. The topological polar surface area (TPSA) is 79.7 Å². The van der Waals surface area contributed by atoms with Crippen LogP contribution in [0.25, 0.3) is 0 Å². The van der Waals surface area contributed by atoms with Crippen molar-refractivity contribution in [1.29, 1.82) is 0 Å². The molecule has 134 valence electrons. The van der Waals surface area contributed by atoms with Crippen molar-refractivity contribution in [3.8, 4) is 0 Å². The number of carbonyl (C=O) groups is 1. The molecule has 3 heterocycles. The number of nitrogens with zero attached hydrogens (tertiary/aromatic N) is 5. The third-order valence-electron chi connectivity index (χ3n) is 5.59. The highest BCUT2D eigenvalue weighted by atomic mass is 16.2. The van der Waals surface area contributed by atoms with Crippen LogP contribution in [-0.4, -0.2) is 48.9 Å². The lowest BCUT2D eigenvalue weighted by molar-refractivity contribution is -0.137. The van der Waals surface area contributed by atoms with Crippen LogP contribution in [0.5, 0.6) is 0 Å². The summed E-state index contributed by atoms with van der Waals surface area (Å²) < 4.78 is 1.99. The molecule has 1 N–H and O–H groups in total. The van der Waals surface area contributed by atoms with Crippen LogP contribution in [0.3, 0.4) is 0 Å². The minimum atomic E-state index is 0.110. The van der Waals surface area contributed by atoms with E-state index in [0.29, 0.717) is 11.8 Å². The Bertz CT molecular complexity index is 763. The molecule has 0 radical (unpaired) electrons. The molecule has 2 aromatic heterocycles. The third-order valence-corrected chi connectivity index (χ3v) is 5.59. The van der Waals surface area contributed by atoms with Crippen LogP contribution in [0.15, 0.2) is 6.20 Å². The van der Waals surface area contributed by atoms with Gasteiger partial charge in [0.15, 0.2) is 0 Å². The molecule has 7 heteroatoms. The zero-order chi connectivity index (χ0) is 17.4. The Hall–Kier alpha value is -2.18. The van der Waals surface area contributed by atoms with Gasteiger partial charge >= 0.3 is 0 Å². The average Bonchev–Trinajstić information content (AvgIpc) is 3.20. The van der Waals surface area contributed by atoms with Crippen LogP contribution in [0.2, 0.25) is 0 Å². The monoisotopic (exact) mass is 342 g/mol. The molecule has 2 unspecified atom stereocenters.